The molecule has 248 valence electrons. The fourth-order valence-corrected chi connectivity index (χ4v) is 4.62. The lowest BCUT2D eigenvalue weighted by Gasteiger charge is -2.27. The van der Waals surface area contributed by atoms with E-state index in [-0.39, 0.29) is 34.1 Å². The Morgan fingerprint density at radius 1 is 0.542 bits per heavy atom. The van der Waals surface area contributed by atoms with Gasteiger partial charge in [-0.25, -0.2) is 9.59 Å². The Balaban J connectivity index is 0.000000188. The highest BCUT2D eigenvalue weighted by Gasteiger charge is 2.49. The van der Waals surface area contributed by atoms with E-state index in [4.69, 9.17) is 29.2 Å². The summed E-state index contributed by atoms with van der Waals surface area (Å²) in [5.41, 5.74) is -1.48. The van der Waals surface area contributed by atoms with E-state index in [0.717, 1.165) is 12.2 Å². The lowest BCUT2D eigenvalue weighted by molar-refractivity contribution is -0.187. The Bertz CT molecular complexity index is 1730. The topological polar surface area (TPSA) is 112 Å². The van der Waals surface area contributed by atoms with Crippen molar-refractivity contribution in [3.63, 3.8) is 0 Å². The highest BCUT2D eigenvalue weighted by atomic mass is 19.4. The molecule has 0 amide bonds. The normalized spacial score (nSPS) is 16.6. The van der Waals surface area contributed by atoms with Gasteiger partial charge in [0.1, 0.15) is 34.5 Å². The number of halogens is 6. The lowest BCUT2D eigenvalue weighted by Crippen LogP contribution is -2.40. The van der Waals surface area contributed by atoms with Crippen molar-refractivity contribution in [1.29, 1.82) is 0 Å². The number of para-hydroxylation sites is 2. The molecule has 8 nitrogen and oxygen atoms in total. The van der Waals surface area contributed by atoms with Crippen LogP contribution < -0.4 is 18.9 Å². The van der Waals surface area contributed by atoms with E-state index in [1.807, 2.05) is 0 Å². The van der Waals surface area contributed by atoms with E-state index < -0.39 is 47.6 Å². The van der Waals surface area contributed by atoms with Gasteiger partial charge in [-0.1, -0.05) is 48.5 Å². The number of rotatable bonds is 6. The Morgan fingerprint density at radius 3 is 1.21 bits per heavy atom. The maximum atomic E-state index is 13.0. The number of carbonyl (C=O) groups is 2. The van der Waals surface area contributed by atoms with Gasteiger partial charge in [0.25, 0.3) is 0 Å². The van der Waals surface area contributed by atoms with Gasteiger partial charge in [-0.15, -0.1) is 0 Å². The van der Waals surface area contributed by atoms with E-state index in [1.165, 1.54) is 36.4 Å². The van der Waals surface area contributed by atoms with E-state index in [2.05, 4.69) is 0 Å². The summed E-state index contributed by atoms with van der Waals surface area (Å²) in [5.74, 6) is -2.22. The summed E-state index contributed by atoms with van der Waals surface area (Å²) in [7, 11) is 0. The van der Waals surface area contributed by atoms with Crippen LogP contribution in [0.3, 0.4) is 0 Å². The predicted octanol–water partition coefficient (Wildman–Crippen LogP) is 8.54. The maximum absolute atomic E-state index is 13.0. The number of ether oxygens (including phenoxy) is 4. The fraction of sp³-hybridized carbons (Fsp3) is 0.118. The first-order valence-corrected chi connectivity index (χ1v) is 13.8. The third kappa shape index (κ3) is 7.54. The summed E-state index contributed by atoms with van der Waals surface area (Å²) in [6.45, 7) is 0. The summed E-state index contributed by atoms with van der Waals surface area (Å²) in [6, 6.07) is 25.9. The highest BCUT2D eigenvalue weighted by molar-refractivity contribution is 5.96. The third-order valence-electron chi connectivity index (χ3n) is 6.74. The van der Waals surface area contributed by atoms with Crippen molar-refractivity contribution in [3.8, 4) is 34.5 Å². The number of carboxylic acid groups (broad SMARTS) is 2. The lowest BCUT2D eigenvalue weighted by atomic mass is 10.0. The number of hydrogen-bond donors (Lipinski definition) is 2. The number of benzene rings is 4. The molecule has 2 aliphatic heterocycles. The molecule has 0 fully saturated rings. The second-order valence-corrected chi connectivity index (χ2v) is 10.1. The molecule has 0 aromatic heterocycles. The van der Waals surface area contributed by atoms with E-state index in [0.29, 0.717) is 11.5 Å². The zero-order valence-corrected chi connectivity index (χ0v) is 24.2. The van der Waals surface area contributed by atoms with Gasteiger partial charge in [-0.2, -0.15) is 26.3 Å². The van der Waals surface area contributed by atoms with Crippen molar-refractivity contribution in [2.75, 3.05) is 0 Å². The van der Waals surface area contributed by atoms with Crippen LogP contribution in [0, 0.1) is 0 Å². The minimum Gasteiger partial charge on any atom is -0.478 e. The molecule has 2 heterocycles. The van der Waals surface area contributed by atoms with Gasteiger partial charge in [0.2, 0.25) is 12.2 Å². The highest BCUT2D eigenvalue weighted by Crippen LogP contribution is 2.43. The molecule has 0 saturated heterocycles. The molecule has 2 N–H and O–H groups in total. The average Bonchev–Trinajstić information content (AvgIpc) is 3.04. The van der Waals surface area contributed by atoms with Gasteiger partial charge in [-0.05, 0) is 60.7 Å². The Morgan fingerprint density at radius 2 is 0.896 bits per heavy atom. The molecule has 0 saturated carbocycles. The van der Waals surface area contributed by atoms with Crippen LogP contribution in [-0.4, -0.2) is 46.7 Å². The molecule has 2 aliphatic rings. The SMILES string of the molecule is O=C(O)C1=Cc2c(Oc3ccccc3)cccc2OC1C(F)(F)F.O=C(O)C1=Cc2c(Oc3ccccc3)cccc2O[C@H]1C(F)(F)F. The second-order valence-electron chi connectivity index (χ2n) is 10.1. The van der Waals surface area contributed by atoms with Crippen LogP contribution in [0.15, 0.2) is 108 Å². The van der Waals surface area contributed by atoms with Gasteiger partial charge >= 0.3 is 24.3 Å². The third-order valence-corrected chi connectivity index (χ3v) is 6.74. The number of fused-ring (bicyclic) bond motifs is 2. The van der Waals surface area contributed by atoms with E-state index in [9.17, 15) is 35.9 Å². The minimum absolute atomic E-state index is 0.0873. The zero-order chi connectivity index (χ0) is 34.6. The smallest absolute Gasteiger partial charge is 0.430 e. The van der Waals surface area contributed by atoms with Gasteiger partial charge in [0.15, 0.2) is 0 Å². The Hall–Kier alpha value is -5.92. The number of aliphatic carboxylic acids is 2. The van der Waals surface area contributed by atoms with Gasteiger partial charge < -0.3 is 29.2 Å². The van der Waals surface area contributed by atoms with Crippen molar-refractivity contribution in [2.24, 2.45) is 0 Å². The first kappa shape index (κ1) is 33.4. The van der Waals surface area contributed by atoms with Crippen molar-refractivity contribution in [2.45, 2.75) is 24.6 Å². The summed E-state index contributed by atoms with van der Waals surface area (Å²) in [4.78, 5) is 22.4. The molecule has 6 rings (SSSR count). The van der Waals surface area contributed by atoms with Crippen LogP contribution in [0.2, 0.25) is 0 Å². The van der Waals surface area contributed by atoms with Crippen LogP contribution in [0.5, 0.6) is 34.5 Å². The molecule has 4 aromatic carbocycles. The average molecular weight is 673 g/mol. The second kappa shape index (κ2) is 13.4. The summed E-state index contributed by atoms with van der Waals surface area (Å²) in [5, 5.41) is 18.2. The molecule has 0 radical (unpaired) electrons. The fourth-order valence-electron chi connectivity index (χ4n) is 4.62. The van der Waals surface area contributed by atoms with Crippen LogP contribution in [-0.2, 0) is 9.59 Å². The van der Waals surface area contributed by atoms with E-state index >= 15 is 0 Å². The number of hydrogen-bond acceptors (Lipinski definition) is 6. The number of alkyl halides is 6. The monoisotopic (exact) mass is 672 g/mol. The quantitative estimate of drug-likeness (QED) is 0.196. The van der Waals surface area contributed by atoms with Gasteiger partial charge in [-0.3, -0.25) is 0 Å². The molecule has 1 unspecified atom stereocenters. The van der Waals surface area contributed by atoms with Gasteiger partial charge in [0.05, 0.1) is 22.3 Å². The Labute approximate surface area is 267 Å². The van der Waals surface area contributed by atoms with Crippen LogP contribution in [0.1, 0.15) is 11.1 Å². The van der Waals surface area contributed by atoms with Crippen molar-refractivity contribution in [1.82, 2.24) is 0 Å². The number of carboxylic acids is 2. The first-order chi connectivity index (χ1) is 22.7. The van der Waals surface area contributed by atoms with Gasteiger partial charge in [0, 0.05) is 0 Å². The van der Waals surface area contributed by atoms with Crippen molar-refractivity contribution in [3.05, 3.63) is 119 Å². The van der Waals surface area contributed by atoms with Crippen LogP contribution in [0.25, 0.3) is 12.2 Å². The van der Waals surface area contributed by atoms with Crippen LogP contribution >= 0.6 is 0 Å². The molecule has 0 spiro atoms. The molecular weight excluding hydrogens is 650 g/mol. The summed E-state index contributed by atoms with van der Waals surface area (Å²) in [6.07, 6.45) is -12.8. The largest absolute Gasteiger partial charge is 0.478 e. The van der Waals surface area contributed by atoms with E-state index in [1.54, 1.807) is 60.7 Å². The Kier molecular flexibility index (Phi) is 9.36. The molecule has 0 aliphatic carbocycles. The van der Waals surface area contributed by atoms with Crippen LogP contribution in [0.4, 0.5) is 26.3 Å². The molecule has 48 heavy (non-hydrogen) atoms. The molecule has 4 aromatic rings. The van der Waals surface area contributed by atoms with Crippen molar-refractivity contribution >= 4 is 24.1 Å². The predicted molar refractivity (Wildman–Crippen MR) is 158 cm³/mol. The standard InChI is InChI=1S/2C17H11F3O4/c2*18-17(19,20)15-12(16(21)22)9-11-13(7-4-8-14(11)24-15)23-10-5-2-1-3-6-10/h2*1-9,15H,(H,21,22)/t15-;/m1./s1. The maximum Gasteiger partial charge on any atom is 0.430 e. The molecule has 0 bridgehead atoms. The minimum atomic E-state index is -4.84. The summed E-state index contributed by atoms with van der Waals surface area (Å²) < 4.78 is 99.2. The molecule has 2 atom stereocenters. The first-order valence-electron chi connectivity index (χ1n) is 13.8. The summed E-state index contributed by atoms with van der Waals surface area (Å²) >= 11 is 0. The van der Waals surface area contributed by atoms with Crippen molar-refractivity contribution < 1.29 is 65.1 Å². The zero-order valence-electron chi connectivity index (χ0n) is 24.2. The molecular formula is C34H22F6O8. The molecule has 14 heteroatoms.